The maximum Gasteiger partial charge on any atom is 0.274 e. The van der Waals surface area contributed by atoms with Crippen molar-refractivity contribution in [3.05, 3.63) is 54.6 Å². The number of rotatable bonds is 4. The number of aromatic nitrogens is 1. The molecule has 0 radical (unpaired) electrons. The number of nitrogens with zero attached hydrogens (tertiary/aromatic N) is 2. The monoisotopic (exact) mass is 283 g/mol. The summed E-state index contributed by atoms with van der Waals surface area (Å²) in [5.41, 5.74) is 2.13. The van der Waals surface area contributed by atoms with E-state index in [0.717, 1.165) is 15.9 Å². The van der Waals surface area contributed by atoms with Crippen LogP contribution in [0.2, 0.25) is 0 Å². The molecule has 4 heteroatoms. The molecular weight excluding hydrogens is 268 g/mol. The predicted molar refractivity (Wildman–Crippen MR) is 83.5 cm³/mol. The first-order chi connectivity index (χ1) is 9.83. The molecule has 3 rings (SSSR count). The highest BCUT2D eigenvalue weighted by atomic mass is 32.1. The van der Waals surface area contributed by atoms with Crippen LogP contribution in [0.1, 0.15) is 0 Å². The fourth-order valence-corrected chi connectivity index (χ4v) is 2.73. The molecule has 0 saturated heterocycles. The van der Waals surface area contributed by atoms with E-state index in [1.807, 2.05) is 54.2 Å². The van der Waals surface area contributed by atoms with E-state index in [2.05, 4.69) is 23.2 Å². The molecule has 0 amide bonds. The molecule has 20 heavy (non-hydrogen) atoms. The van der Waals surface area contributed by atoms with Crippen LogP contribution in [0.25, 0.3) is 10.2 Å². The number of hydrogen-bond acceptors (Lipinski definition) is 3. The molecule has 3 nitrogen and oxygen atoms in total. The van der Waals surface area contributed by atoms with Gasteiger partial charge in [-0.3, -0.25) is 0 Å². The van der Waals surface area contributed by atoms with E-state index >= 15 is 0 Å². The molecule has 100 valence electrons. The van der Waals surface area contributed by atoms with Crippen molar-refractivity contribution in [2.45, 2.75) is 0 Å². The summed E-state index contributed by atoms with van der Waals surface area (Å²) in [6, 6.07) is 18.2. The summed E-state index contributed by atoms with van der Waals surface area (Å²) < 4.78 is 8.89. The van der Waals surface area contributed by atoms with E-state index in [1.165, 1.54) is 0 Å². The number of thiazole rings is 1. The van der Waals surface area contributed by atoms with Crippen molar-refractivity contribution in [3.63, 3.8) is 0 Å². The lowest BCUT2D eigenvalue weighted by atomic mass is 10.3. The summed E-state index contributed by atoms with van der Waals surface area (Å²) in [6.45, 7) is 0.505. The van der Waals surface area contributed by atoms with Crippen molar-refractivity contribution in [2.75, 3.05) is 13.7 Å². The normalized spacial score (nSPS) is 11.8. The Morgan fingerprint density at radius 2 is 1.85 bits per heavy atom. The van der Waals surface area contributed by atoms with Crippen molar-refractivity contribution in [1.82, 2.24) is 4.98 Å². The highest BCUT2D eigenvalue weighted by Crippen LogP contribution is 2.26. The van der Waals surface area contributed by atoms with Crippen LogP contribution in [0.15, 0.2) is 54.6 Å². The van der Waals surface area contributed by atoms with Gasteiger partial charge < -0.3 is 4.74 Å². The van der Waals surface area contributed by atoms with Gasteiger partial charge >= 0.3 is 0 Å². The molecule has 0 aliphatic carbocycles. The zero-order valence-electron chi connectivity index (χ0n) is 11.2. The van der Waals surface area contributed by atoms with Crippen molar-refractivity contribution >= 4 is 33.5 Å². The molecule has 0 spiro atoms. The van der Waals surface area contributed by atoms with E-state index in [4.69, 9.17) is 4.74 Å². The average molecular weight is 283 g/mol. The maximum atomic E-state index is 5.69. The van der Waals surface area contributed by atoms with Crippen LogP contribution in [0, 0.1) is 0 Å². The minimum atomic E-state index is 0.505. The molecule has 0 unspecified atom stereocenters. The Bertz CT molecular complexity index is 701. The molecule has 0 fully saturated rings. The summed E-state index contributed by atoms with van der Waals surface area (Å²) in [7, 11) is 2.01. The third-order valence-corrected chi connectivity index (χ3v) is 3.94. The van der Waals surface area contributed by atoms with Crippen LogP contribution in [0.4, 0.5) is 5.69 Å². The van der Waals surface area contributed by atoms with E-state index in [0.29, 0.717) is 11.8 Å². The minimum absolute atomic E-state index is 0.505. The van der Waals surface area contributed by atoms with Gasteiger partial charge in [0, 0.05) is 12.1 Å². The van der Waals surface area contributed by atoms with Gasteiger partial charge in [-0.05, 0) is 12.1 Å². The van der Waals surface area contributed by atoms with Crippen molar-refractivity contribution in [3.8, 4) is 5.19 Å². The zero-order chi connectivity index (χ0) is 13.8. The Balaban J connectivity index is 1.67. The summed E-state index contributed by atoms with van der Waals surface area (Å²) in [5.74, 6) is 0. The molecule has 0 bridgehead atoms. The van der Waals surface area contributed by atoms with E-state index in [1.54, 1.807) is 11.3 Å². The number of para-hydroxylation sites is 2. The summed E-state index contributed by atoms with van der Waals surface area (Å²) >= 11 is 1.57. The second-order valence-corrected chi connectivity index (χ2v) is 5.38. The third kappa shape index (κ3) is 2.86. The molecule has 0 N–H and O–H groups in total. The minimum Gasteiger partial charge on any atom is -0.459 e. The lowest BCUT2D eigenvalue weighted by molar-refractivity contribution is -0.401. The zero-order valence-corrected chi connectivity index (χ0v) is 12.0. The summed E-state index contributed by atoms with van der Waals surface area (Å²) in [4.78, 5) is 4.44. The Morgan fingerprint density at radius 1 is 1.10 bits per heavy atom. The number of hydrogen-bond donors (Lipinski definition) is 0. The largest absolute Gasteiger partial charge is 0.459 e. The van der Waals surface area contributed by atoms with Gasteiger partial charge in [0.25, 0.3) is 5.19 Å². The highest BCUT2D eigenvalue weighted by Gasteiger charge is 2.05. The van der Waals surface area contributed by atoms with Gasteiger partial charge in [-0.1, -0.05) is 41.7 Å². The van der Waals surface area contributed by atoms with Crippen molar-refractivity contribution in [1.29, 1.82) is 0 Å². The first kappa shape index (κ1) is 12.8. The van der Waals surface area contributed by atoms with Gasteiger partial charge in [0.2, 0.25) is 5.69 Å². The van der Waals surface area contributed by atoms with E-state index < -0.39 is 0 Å². The van der Waals surface area contributed by atoms with E-state index in [9.17, 15) is 0 Å². The Hall–Kier alpha value is -2.20. The molecule has 1 heterocycles. The number of fused-ring (bicyclic) bond motifs is 1. The predicted octanol–water partition coefficient (Wildman–Crippen LogP) is 3.72. The van der Waals surface area contributed by atoms with Gasteiger partial charge in [0.1, 0.15) is 7.05 Å². The smallest absolute Gasteiger partial charge is 0.274 e. The quantitative estimate of drug-likeness (QED) is 0.538. The lowest BCUT2D eigenvalue weighted by Gasteiger charge is -1.97. The van der Waals surface area contributed by atoms with Crippen LogP contribution in [-0.4, -0.2) is 29.4 Å². The summed E-state index contributed by atoms with van der Waals surface area (Å²) in [5, 5.41) is 0.712. The van der Waals surface area contributed by atoms with Crippen LogP contribution >= 0.6 is 11.3 Å². The van der Waals surface area contributed by atoms with Crippen LogP contribution in [-0.2, 0) is 0 Å². The molecule has 0 atom stereocenters. The topological polar surface area (TPSA) is 25.1 Å². The average Bonchev–Trinajstić information content (AvgIpc) is 2.90. The first-order valence-electron chi connectivity index (χ1n) is 6.42. The third-order valence-electron chi connectivity index (χ3n) is 2.99. The molecule has 0 aliphatic heterocycles. The van der Waals surface area contributed by atoms with Crippen LogP contribution < -0.4 is 4.74 Å². The van der Waals surface area contributed by atoms with Gasteiger partial charge in [0.15, 0.2) is 12.8 Å². The Kier molecular flexibility index (Phi) is 3.74. The lowest BCUT2D eigenvalue weighted by Crippen LogP contribution is -2.07. The van der Waals surface area contributed by atoms with Crippen LogP contribution in [0.5, 0.6) is 5.19 Å². The van der Waals surface area contributed by atoms with Gasteiger partial charge in [-0.2, -0.15) is 0 Å². The first-order valence-corrected chi connectivity index (χ1v) is 7.24. The molecular formula is C16H15N2OS+. The highest BCUT2D eigenvalue weighted by molar-refractivity contribution is 7.20. The Labute approximate surface area is 121 Å². The SMILES string of the molecule is C[N+](=CCOc1nc2ccccc2s1)c1ccccc1. The van der Waals surface area contributed by atoms with Crippen molar-refractivity contribution in [2.24, 2.45) is 0 Å². The fourth-order valence-electron chi connectivity index (χ4n) is 1.90. The fraction of sp³-hybridized carbons (Fsp3) is 0.125. The number of benzene rings is 2. The van der Waals surface area contributed by atoms with Gasteiger partial charge in [-0.15, -0.1) is 0 Å². The molecule has 2 aromatic carbocycles. The number of ether oxygens (including phenoxy) is 1. The van der Waals surface area contributed by atoms with Crippen molar-refractivity contribution < 1.29 is 9.31 Å². The van der Waals surface area contributed by atoms with Gasteiger partial charge in [-0.25, -0.2) is 9.56 Å². The molecule has 0 saturated carbocycles. The van der Waals surface area contributed by atoms with E-state index in [-0.39, 0.29) is 0 Å². The maximum absolute atomic E-state index is 5.69. The van der Waals surface area contributed by atoms with Gasteiger partial charge in [0.05, 0.1) is 10.2 Å². The molecule has 0 aliphatic rings. The second-order valence-electron chi connectivity index (χ2n) is 4.39. The standard InChI is InChI=1S/C16H15N2OS/c1-18(13-7-3-2-4-8-13)11-12-19-16-17-14-9-5-6-10-15(14)20-16/h2-11H,12H2,1H3/q+1. The second kappa shape index (κ2) is 5.84. The summed E-state index contributed by atoms with van der Waals surface area (Å²) in [6.07, 6.45) is 2.00. The molecule has 1 aromatic heterocycles. The Morgan fingerprint density at radius 3 is 2.65 bits per heavy atom. The molecule has 3 aromatic rings. The van der Waals surface area contributed by atoms with Crippen LogP contribution in [0.3, 0.4) is 0 Å².